The largest absolute Gasteiger partial charge is 0.481 e. The normalized spacial score (nSPS) is 21.8. The number of nitrogens with one attached hydrogen (secondary N) is 1. The Kier molecular flexibility index (Phi) is 2.45. The van der Waals surface area contributed by atoms with Gasteiger partial charge in [-0.25, -0.2) is 0 Å². The van der Waals surface area contributed by atoms with Crippen LogP contribution >= 0.6 is 0 Å². The molecule has 0 aromatic heterocycles. The maximum Gasteiger partial charge on any atom is 0.307 e. The van der Waals surface area contributed by atoms with Crippen molar-refractivity contribution in [3.63, 3.8) is 0 Å². The van der Waals surface area contributed by atoms with E-state index >= 15 is 0 Å². The highest BCUT2D eigenvalue weighted by Gasteiger charge is 2.04. The molecular weight excluding hydrogens is 130 g/mol. The average molecular weight is 141 g/mol. The Bertz CT molecular complexity index is 155. The molecule has 3 heteroatoms. The molecular formula is C7H11NO2. The summed E-state index contributed by atoms with van der Waals surface area (Å²) >= 11 is 0. The minimum Gasteiger partial charge on any atom is -0.481 e. The summed E-state index contributed by atoms with van der Waals surface area (Å²) in [5, 5.41) is 11.4. The predicted octanol–water partition coefficient (Wildman–Crippen LogP) is 0.381. The topological polar surface area (TPSA) is 49.3 Å². The maximum absolute atomic E-state index is 10.1. The number of carbonyl (C=O) groups is 1. The molecule has 3 nitrogen and oxygen atoms in total. The van der Waals surface area contributed by atoms with Crippen LogP contribution in [0.15, 0.2) is 11.6 Å². The third-order valence-electron chi connectivity index (χ3n) is 1.54. The SMILES string of the molecule is O=C(O)C/C=C1/CCNC1. The van der Waals surface area contributed by atoms with E-state index in [1.54, 1.807) is 6.08 Å². The zero-order chi connectivity index (χ0) is 7.40. The number of hydrogen-bond acceptors (Lipinski definition) is 2. The molecule has 0 saturated carbocycles. The van der Waals surface area contributed by atoms with Gasteiger partial charge >= 0.3 is 5.97 Å². The van der Waals surface area contributed by atoms with Crippen LogP contribution in [0.5, 0.6) is 0 Å². The lowest BCUT2D eigenvalue weighted by molar-refractivity contribution is -0.136. The number of hydrogen-bond donors (Lipinski definition) is 2. The minimum atomic E-state index is -0.751. The molecule has 0 aliphatic carbocycles. The molecule has 1 fully saturated rings. The predicted molar refractivity (Wildman–Crippen MR) is 37.8 cm³/mol. The molecule has 0 aromatic carbocycles. The minimum absolute atomic E-state index is 0.164. The van der Waals surface area contributed by atoms with E-state index in [1.807, 2.05) is 0 Å². The molecule has 1 aliphatic heterocycles. The van der Waals surface area contributed by atoms with Gasteiger partial charge in [-0.2, -0.15) is 0 Å². The fourth-order valence-corrected chi connectivity index (χ4v) is 0.992. The number of carboxylic acids is 1. The van der Waals surface area contributed by atoms with Crippen molar-refractivity contribution in [2.45, 2.75) is 12.8 Å². The van der Waals surface area contributed by atoms with Gasteiger partial charge in [-0.3, -0.25) is 4.79 Å². The van der Waals surface area contributed by atoms with Crippen molar-refractivity contribution < 1.29 is 9.90 Å². The average Bonchev–Trinajstić information content (AvgIpc) is 2.34. The van der Waals surface area contributed by atoms with Crippen molar-refractivity contribution >= 4 is 5.97 Å². The van der Waals surface area contributed by atoms with E-state index in [0.29, 0.717) is 0 Å². The molecule has 1 aliphatic rings. The zero-order valence-corrected chi connectivity index (χ0v) is 5.76. The zero-order valence-electron chi connectivity index (χ0n) is 5.76. The molecule has 2 N–H and O–H groups in total. The molecule has 0 amide bonds. The van der Waals surface area contributed by atoms with Crippen LogP contribution in [0.2, 0.25) is 0 Å². The molecule has 0 aromatic rings. The summed E-state index contributed by atoms with van der Waals surface area (Å²) in [5.41, 5.74) is 1.22. The quantitative estimate of drug-likeness (QED) is 0.546. The lowest BCUT2D eigenvalue weighted by atomic mass is 10.2. The molecule has 1 rings (SSSR count). The summed E-state index contributed by atoms with van der Waals surface area (Å²) in [7, 11) is 0. The molecule has 1 saturated heterocycles. The Balaban J connectivity index is 2.31. The van der Waals surface area contributed by atoms with Crippen molar-refractivity contribution in [1.82, 2.24) is 5.32 Å². The van der Waals surface area contributed by atoms with Crippen molar-refractivity contribution in [3.05, 3.63) is 11.6 Å². The lowest BCUT2D eigenvalue weighted by Crippen LogP contribution is -2.04. The first-order valence-corrected chi connectivity index (χ1v) is 3.39. The summed E-state index contributed by atoms with van der Waals surface area (Å²) in [5.74, 6) is -0.751. The van der Waals surface area contributed by atoms with E-state index < -0.39 is 5.97 Å². The smallest absolute Gasteiger partial charge is 0.307 e. The summed E-state index contributed by atoms with van der Waals surface area (Å²) in [6.45, 7) is 1.86. The molecule has 0 unspecified atom stereocenters. The molecule has 0 atom stereocenters. The van der Waals surface area contributed by atoms with Crippen LogP contribution in [0.1, 0.15) is 12.8 Å². The summed E-state index contributed by atoms with van der Waals surface area (Å²) in [6.07, 6.45) is 2.96. The van der Waals surface area contributed by atoms with Crippen LogP contribution in [0.4, 0.5) is 0 Å². The lowest BCUT2D eigenvalue weighted by Gasteiger charge is -1.90. The van der Waals surface area contributed by atoms with Crippen LogP contribution in [0, 0.1) is 0 Å². The van der Waals surface area contributed by atoms with Crippen molar-refractivity contribution in [3.8, 4) is 0 Å². The Labute approximate surface area is 59.7 Å². The Morgan fingerprint density at radius 1 is 1.80 bits per heavy atom. The standard InChI is InChI=1S/C7H11NO2/c9-7(10)2-1-6-3-4-8-5-6/h1,8H,2-5H2,(H,9,10)/b6-1-. The summed E-state index contributed by atoms with van der Waals surface area (Å²) in [6, 6.07) is 0. The maximum atomic E-state index is 10.1. The second kappa shape index (κ2) is 3.37. The van der Waals surface area contributed by atoms with Gasteiger partial charge in [0.2, 0.25) is 0 Å². The highest BCUT2D eigenvalue weighted by molar-refractivity contribution is 5.68. The van der Waals surface area contributed by atoms with Crippen molar-refractivity contribution in [1.29, 1.82) is 0 Å². The Hall–Kier alpha value is -0.830. The van der Waals surface area contributed by atoms with Crippen molar-refractivity contribution in [2.75, 3.05) is 13.1 Å². The molecule has 0 radical (unpaired) electrons. The molecule has 1 heterocycles. The van der Waals surface area contributed by atoms with Gasteiger partial charge < -0.3 is 10.4 Å². The van der Waals surface area contributed by atoms with Crippen LogP contribution in [0.3, 0.4) is 0 Å². The van der Waals surface area contributed by atoms with Gasteiger partial charge in [-0.15, -0.1) is 0 Å². The molecule has 0 bridgehead atoms. The van der Waals surface area contributed by atoms with E-state index in [4.69, 9.17) is 5.11 Å². The molecule has 0 spiro atoms. The van der Waals surface area contributed by atoms with Crippen LogP contribution < -0.4 is 5.32 Å². The Morgan fingerprint density at radius 2 is 2.60 bits per heavy atom. The van der Waals surface area contributed by atoms with Gasteiger partial charge in [0.25, 0.3) is 0 Å². The van der Waals surface area contributed by atoms with E-state index in [-0.39, 0.29) is 6.42 Å². The fraction of sp³-hybridized carbons (Fsp3) is 0.571. The van der Waals surface area contributed by atoms with E-state index in [0.717, 1.165) is 19.5 Å². The van der Waals surface area contributed by atoms with E-state index in [1.165, 1.54) is 5.57 Å². The van der Waals surface area contributed by atoms with Gasteiger partial charge in [0.05, 0.1) is 6.42 Å². The van der Waals surface area contributed by atoms with Crippen LogP contribution in [-0.4, -0.2) is 24.2 Å². The second-order valence-electron chi connectivity index (χ2n) is 2.39. The van der Waals surface area contributed by atoms with Gasteiger partial charge in [0, 0.05) is 6.54 Å². The third-order valence-corrected chi connectivity index (χ3v) is 1.54. The van der Waals surface area contributed by atoms with E-state index in [2.05, 4.69) is 5.32 Å². The van der Waals surface area contributed by atoms with Crippen LogP contribution in [0.25, 0.3) is 0 Å². The summed E-state index contributed by atoms with van der Waals surface area (Å²) < 4.78 is 0. The van der Waals surface area contributed by atoms with Gasteiger partial charge in [0.15, 0.2) is 0 Å². The van der Waals surface area contributed by atoms with Gasteiger partial charge in [0.1, 0.15) is 0 Å². The second-order valence-corrected chi connectivity index (χ2v) is 2.39. The third kappa shape index (κ3) is 2.19. The van der Waals surface area contributed by atoms with Crippen molar-refractivity contribution in [2.24, 2.45) is 0 Å². The summed E-state index contributed by atoms with van der Waals surface area (Å²) in [4.78, 5) is 10.1. The Morgan fingerprint density at radius 3 is 3.10 bits per heavy atom. The first kappa shape index (κ1) is 7.28. The highest BCUT2D eigenvalue weighted by atomic mass is 16.4. The van der Waals surface area contributed by atoms with E-state index in [9.17, 15) is 4.79 Å². The number of aliphatic carboxylic acids is 1. The molecule has 10 heavy (non-hydrogen) atoms. The fourth-order valence-electron chi connectivity index (χ4n) is 0.992. The van der Waals surface area contributed by atoms with Gasteiger partial charge in [-0.05, 0) is 13.0 Å². The molecule has 56 valence electrons. The monoisotopic (exact) mass is 141 g/mol. The first-order chi connectivity index (χ1) is 4.79. The number of carboxylic acid groups (broad SMARTS) is 1. The first-order valence-electron chi connectivity index (χ1n) is 3.39. The van der Waals surface area contributed by atoms with Crippen LogP contribution in [-0.2, 0) is 4.79 Å². The van der Waals surface area contributed by atoms with Gasteiger partial charge in [-0.1, -0.05) is 11.6 Å². The highest BCUT2D eigenvalue weighted by Crippen LogP contribution is 2.05. The number of rotatable bonds is 2.